The van der Waals surface area contributed by atoms with Gasteiger partial charge in [-0.1, -0.05) is 46.3 Å². The van der Waals surface area contributed by atoms with E-state index in [9.17, 15) is 0 Å². The van der Waals surface area contributed by atoms with Crippen molar-refractivity contribution < 1.29 is 9.47 Å². The fraction of sp³-hybridized carbons (Fsp3) is 0.562. The highest BCUT2D eigenvalue weighted by atomic mass is 127. The van der Waals surface area contributed by atoms with Gasteiger partial charge in [0, 0.05) is 5.41 Å². The molecule has 0 fully saturated rings. The Morgan fingerprint density at radius 1 is 1.05 bits per heavy atom. The molecule has 0 aliphatic heterocycles. The zero-order chi connectivity index (χ0) is 16.4. The fourth-order valence-electron chi connectivity index (χ4n) is 1.74. The third-order valence-corrected chi connectivity index (χ3v) is 4.60. The summed E-state index contributed by atoms with van der Waals surface area (Å²) < 4.78 is 12.0. The van der Waals surface area contributed by atoms with Gasteiger partial charge in [0.2, 0.25) is 0 Å². The number of hydrogen-bond acceptors (Lipinski definition) is 3. The molecule has 21 heavy (non-hydrogen) atoms. The van der Waals surface area contributed by atoms with Crippen LogP contribution in [0, 0.1) is 15.0 Å². The topological polar surface area (TPSA) is 31.4 Å². The zero-order valence-electron chi connectivity index (χ0n) is 14.1. The predicted molar refractivity (Wildman–Crippen MR) is 99.0 cm³/mol. The lowest BCUT2D eigenvalue weighted by molar-refractivity contribution is 0.339. The molecular weight excluding hydrogens is 393 g/mol. The minimum Gasteiger partial charge on any atom is -0.492 e. The van der Waals surface area contributed by atoms with Crippen molar-refractivity contribution in [3.8, 4) is 23.0 Å². The molecule has 0 aliphatic rings. The van der Waals surface area contributed by atoms with Gasteiger partial charge in [-0.25, -0.2) is 4.98 Å². The van der Waals surface area contributed by atoms with Gasteiger partial charge >= 0.3 is 0 Å². The summed E-state index contributed by atoms with van der Waals surface area (Å²) in [6.07, 6.45) is 0. The zero-order valence-corrected chi connectivity index (χ0v) is 17.3. The van der Waals surface area contributed by atoms with Crippen molar-refractivity contribution in [2.75, 3.05) is 14.2 Å². The molecule has 0 unspecified atom stereocenters. The van der Waals surface area contributed by atoms with Crippen molar-refractivity contribution in [1.29, 1.82) is 0 Å². The monoisotopic (exact) mass is 417 g/mol. The quantitative estimate of drug-likeness (QED) is 0.410. The molecule has 0 saturated carbocycles. The Hall–Kier alpha value is -0.743. The molecule has 0 amide bonds. The maximum atomic E-state index is 5.55. The van der Waals surface area contributed by atoms with Crippen LogP contribution in [0.15, 0.2) is 0 Å². The Labute approximate surface area is 143 Å². The summed E-state index contributed by atoms with van der Waals surface area (Å²) in [5.74, 6) is 4.67. The number of hydrogen-bond donors (Lipinski definition) is 0. The van der Waals surface area contributed by atoms with Crippen LogP contribution in [0.25, 0.3) is 0 Å². The lowest BCUT2D eigenvalue weighted by Gasteiger charge is -2.23. The third-order valence-electron chi connectivity index (χ3n) is 2.73. The van der Waals surface area contributed by atoms with E-state index in [1.807, 2.05) is 0 Å². The molecule has 1 heterocycles. The second-order valence-corrected chi connectivity index (χ2v) is 12.8. The largest absolute Gasteiger partial charge is 0.492 e. The maximum absolute atomic E-state index is 5.55. The number of rotatable bonds is 2. The van der Waals surface area contributed by atoms with Crippen LogP contribution in [0.3, 0.4) is 0 Å². The number of aromatic nitrogens is 1. The number of halogens is 1. The normalized spacial score (nSPS) is 11.7. The molecule has 0 radical (unpaired) electrons. The van der Waals surface area contributed by atoms with Gasteiger partial charge in [0.15, 0.2) is 11.5 Å². The lowest BCUT2D eigenvalue weighted by atomic mass is 9.90. The minimum absolute atomic E-state index is 0.140. The number of methoxy groups -OCH3 is 2. The number of pyridine rings is 1. The minimum atomic E-state index is -1.45. The van der Waals surface area contributed by atoms with Crippen molar-refractivity contribution in [1.82, 2.24) is 4.98 Å². The number of ether oxygens (including phenoxy) is 2. The van der Waals surface area contributed by atoms with Gasteiger partial charge in [-0.2, -0.15) is 0 Å². The van der Waals surface area contributed by atoms with Crippen molar-refractivity contribution in [3.05, 3.63) is 15.0 Å². The SMILES string of the molecule is COc1c(C(C)(C)C)nc(C#C[Si](C)(C)C)c(I)c1OC. The van der Waals surface area contributed by atoms with E-state index in [2.05, 4.69) is 74.5 Å². The first-order valence-electron chi connectivity index (χ1n) is 6.86. The van der Waals surface area contributed by atoms with Gasteiger partial charge < -0.3 is 9.47 Å². The Kier molecular flexibility index (Phi) is 5.73. The van der Waals surface area contributed by atoms with Crippen LogP contribution in [0.5, 0.6) is 11.5 Å². The van der Waals surface area contributed by atoms with Crippen LogP contribution in [-0.2, 0) is 5.41 Å². The smallest absolute Gasteiger partial charge is 0.184 e. The summed E-state index contributed by atoms with van der Waals surface area (Å²) in [5, 5.41) is 0. The summed E-state index contributed by atoms with van der Waals surface area (Å²) >= 11 is 2.23. The van der Waals surface area contributed by atoms with E-state index in [1.165, 1.54) is 0 Å². The van der Waals surface area contributed by atoms with Crippen molar-refractivity contribution in [2.45, 2.75) is 45.8 Å². The molecule has 0 aromatic carbocycles. The van der Waals surface area contributed by atoms with Crippen molar-refractivity contribution in [3.63, 3.8) is 0 Å². The lowest BCUT2D eigenvalue weighted by Crippen LogP contribution is -2.18. The van der Waals surface area contributed by atoms with Crippen molar-refractivity contribution >= 4 is 30.7 Å². The van der Waals surface area contributed by atoms with E-state index in [1.54, 1.807) is 14.2 Å². The molecule has 3 nitrogen and oxygen atoms in total. The average molecular weight is 417 g/mol. The summed E-state index contributed by atoms with van der Waals surface area (Å²) in [6, 6.07) is 0. The highest BCUT2D eigenvalue weighted by molar-refractivity contribution is 14.1. The van der Waals surface area contributed by atoms with E-state index in [0.717, 1.165) is 20.7 Å². The van der Waals surface area contributed by atoms with E-state index in [4.69, 9.17) is 14.5 Å². The second-order valence-electron chi connectivity index (χ2n) is 6.94. The van der Waals surface area contributed by atoms with Crippen LogP contribution in [-0.4, -0.2) is 27.3 Å². The van der Waals surface area contributed by atoms with Gasteiger partial charge in [-0.3, -0.25) is 0 Å². The number of nitrogens with zero attached hydrogens (tertiary/aromatic N) is 1. The summed E-state index contributed by atoms with van der Waals surface area (Å²) in [6.45, 7) is 13.0. The molecule has 0 spiro atoms. The van der Waals surface area contributed by atoms with E-state index in [-0.39, 0.29) is 5.41 Å². The summed E-state index contributed by atoms with van der Waals surface area (Å²) in [7, 11) is 1.85. The summed E-state index contributed by atoms with van der Waals surface area (Å²) in [5.41, 5.74) is 4.89. The van der Waals surface area contributed by atoms with Gasteiger partial charge in [0.25, 0.3) is 0 Å². The van der Waals surface area contributed by atoms with E-state index < -0.39 is 8.07 Å². The van der Waals surface area contributed by atoms with Crippen LogP contribution in [0.2, 0.25) is 19.6 Å². The molecule has 1 rings (SSSR count). The Morgan fingerprint density at radius 2 is 1.57 bits per heavy atom. The first-order valence-corrected chi connectivity index (χ1v) is 11.4. The second kappa shape index (κ2) is 6.57. The van der Waals surface area contributed by atoms with Crippen LogP contribution >= 0.6 is 22.6 Å². The Morgan fingerprint density at radius 3 is 1.95 bits per heavy atom. The first-order chi connectivity index (χ1) is 9.51. The average Bonchev–Trinajstić information content (AvgIpc) is 2.34. The molecule has 0 N–H and O–H groups in total. The molecule has 0 bridgehead atoms. The predicted octanol–water partition coefficient (Wildman–Crippen LogP) is 4.23. The standard InChI is InChI=1S/C16H24INO2Si/c1-16(2,3)15-14(20-5)13(19-4)12(17)11(18-15)9-10-21(6,7)8/h1-8H3. The highest BCUT2D eigenvalue weighted by Crippen LogP contribution is 2.40. The molecule has 5 heteroatoms. The first kappa shape index (κ1) is 18.3. The molecule has 1 aromatic heterocycles. The van der Waals surface area contributed by atoms with Crippen molar-refractivity contribution in [2.24, 2.45) is 0 Å². The molecule has 0 saturated heterocycles. The van der Waals surface area contributed by atoms with Crippen LogP contribution in [0.4, 0.5) is 0 Å². The van der Waals surface area contributed by atoms with Gasteiger partial charge in [0.05, 0.1) is 23.5 Å². The van der Waals surface area contributed by atoms with Gasteiger partial charge in [-0.05, 0) is 22.6 Å². The maximum Gasteiger partial charge on any atom is 0.184 e. The third kappa shape index (κ3) is 4.61. The Bertz CT molecular complexity index is 590. The molecule has 0 aliphatic carbocycles. The van der Waals surface area contributed by atoms with Gasteiger partial charge in [-0.15, -0.1) is 5.54 Å². The molecule has 0 atom stereocenters. The van der Waals surface area contributed by atoms with E-state index >= 15 is 0 Å². The molecule has 1 aromatic rings. The molecular formula is C16H24INO2Si. The van der Waals surface area contributed by atoms with E-state index in [0.29, 0.717) is 5.75 Å². The van der Waals surface area contributed by atoms with Crippen LogP contribution < -0.4 is 9.47 Å². The fourth-order valence-corrected chi connectivity index (χ4v) is 2.95. The summed E-state index contributed by atoms with van der Waals surface area (Å²) in [4.78, 5) is 4.76. The molecule has 116 valence electrons. The van der Waals surface area contributed by atoms with Gasteiger partial charge in [0.1, 0.15) is 13.8 Å². The highest BCUT2D eigenvalue weighted by Gasteiger charge is 2.27. The Balaban J connectivity index is 3.64. The van der Waals surface area contributed by atoms with Crippen LogP contribution in [0.1, 0.15) is 32.2 Å².